The zero-order valence-electron chi connectivity index (χ0n) is 28.0. The van der Waals surface area contributed by atoms with E-state index in [0.29, 0.717) is 58.0 Å². The summed E-state index contributed by atoms with van der Waals surface area (Å²) in [5.74, 6) is 0.284. The van der Waals surface area contributed by atoms with Crippen LogP contribution in [0.4, 0.5) is 19.3 Å². The number of anilines is 1. The second kappa shape index (κ2) is 17.2. The van der Waals surface area contributed by atoms with E-state index >= 15 is 0 Å². The second-order valence-corrected chi connectivity index (χ2v) is 12.4. The summed E-state index contributed by atoms with van der Waals surface area (Å²) in [6.07, 6.45) is 0.539. The molecule has 0 saturated carbocycles. The van der Waals surface area contributed by atoms with Crippen molar-refractivity contribution in [1.82, 2.24) is 4.90 Å². The normalized spacial score (nSPS) is 17.1. The number of rotatable bonds is 14. The van der Waals surface area contributed by atoms with Crippen LogP contribution >= 0.6 is 0 Å². The molecule has 4 aromatic rings. The molecule has 4 aromatic carbocycles. The van der Waals surface area contributed by atoms with Crippen molar-refractivity contribution in [2.24, 2.45) is 5.73 Å². The van der Waals surface area contributed by atoms with Gasteiger partial charge in [-0.15, -0.1) is 0 Å². The van der Waals surface area contributed by atoms with E-state index in [1.807, 2.05) is 66.7 Å². The van der Waals surface area contributed by atoms with Crippen LogP contribution in [0.1, 0.15) is 35.4 Å². The Hall–Kier alpha value is -4.87. The Morgan fingerprint density at radius 1 is 0.880 bits per heavy atom. The van der Waals surface area contributed by atoms with Gasteiger partial charge in [-0.1, -0.05) is 48.5 Å². The van der Waals surface area contributed by atoms with Crippen LogP contribution in [0.3, 0.4) is 0 Å². The highest BCUT2D eigenvalue weighted by Gasteiger charge is 2.34. The first kappa shape index (κ1) is 35.0. The molecular formula is C39H43F2N3O6. The number of amides is 1. The van der Waals surface area contributed by atoms with E-state index in [1.54, 1.807) is 4.90 Å². The quantitative estimate of drug-likeness (QED) is 0.147. The Morgan fingerprint density at radius 3 is 2.52 bits per heavy atom. The molecule has 2 aliphatic heterocycles. The van der Waals surface area contributed by atoms with Crippen LogP contribution in [-0.2, 0) is 22.7 Å². The molecule has 264 valence electrons. The van der Waals surface area contributed by atoms with E-state index in [2.05, 4.69) is 11.0 Å². The number of piperidine rings is 1. The van der Waals surface area contributed by atoms with Gasteiger partial charge in [0.25, 0.3) is 0 Å². The van der Waals surface area contributed by atoms with E-state index in [9.17, 15) is 13.6 Å². The summed E-state index contributed by atoms with van der Waals surface area (Å²) in [4.78, 5) is 17.1. The van der Waals surface area contributed by atoms with Crippen LogP contribution in [-0.4, -0.2) is 69.6 Å². The van der Waals surface area contributed by atoms with Crippen LogP contribution in [0, 0.1) is 11.6 Å². The third kappa shape index (κ3) is 9.22. The Labute approximate surface area is 291 Å². The molecule has 0 spiro atoms. The summed E-state index contributed by atoms with van der Waals surface area (Å²) in [7, 11) is 0. The molecule has 1 amide bonds. The maximum atomic E-state index is 13.8. The van der Waals surface area contributed by atoms with Crippen LogP contribution in [0.2, 0.25) is 0 Å². The highest BCUT2D eigenvalue weighted by Crippen LogP contribution is 2.35. The molecule has 50 heavy (non-hydrogen) atoms. The molecule has 0 aromatic heterocycles. The minimum Gasteiger partial charge on any atom is -0.493 e. The minimum atomic E-state index is -0.605. The molecular weight excluding hydrogens is 644 g/mol. The van der Waals surface area contributed by atoms with Gasteiger partial charge in [-0.2, -0.15) is 0 Å². The minimum absolute atomic E-state index is 0.0338. The number of nitrogens with two attached hydrogens (primary N) is 1. The zero-order valence-corrected chi connectivity index (χ0v) is 28.0. The molecule has 6 rings (SSSR count). The van der Waals surface area contributed by atoms with E-state index in [0.717, 1.165) is 59.4 Å². The lowest BCUT2D eigenvalue weighted by atomic mass is 9.87. The number of ether oxygens (including phenoxy) is 5. The van der Waals surface area contributed by atoms with Gasteiger partial charge < -0.3 is 39.2 Å². The van der Waals surface area contributed by atoms with Crippen molar-refractivity contribution in [3.05, 3.63) is 119 Å². The highest BCUT2D eigenvalue weighted by molar-refractivity contribution is 5.68. The van der Waals surface area contributed by atoms with Crippen molar-refractivity contribution in [3.8, 4) is 17.2 Å². The van der Waals surface area contributed by atoms with Crippen molar-refractivity contribution in [2.45, 2.75) is 38.1 Å². The summed E-state index contributed by atoms with van der Waals surface area (Å²) in [6.45, 7) is 4.72. The van der Waals surface area contributed by atoms with Crippen LogP contribution in [0.5, 0.6) is 17.2 Å². The molecule has 1 saturated heterocycles. The Balaban J connectivity index is 1.08. The number of halogens is 2. The van der Waals surface area contributed by atoms with Crippen LogP contribution in [0.25, 0.3) is 0 Å². The molecule has 0 aliphatic carbocycles. The first-order chi connectivity index (χ1) is 24.5. The predicted molar refractivity (Wildman–Crippen MR) is 186 cm³/mol. The fourth-order valence-electron chi connectivity index (χ4n) is 6.27. The van der Waals surface area contributed by atoms with Crippen molar-refractivity contribution in [3.63, 3.8) is 0 Å². The van der Waals surface area contributed by atoms with Gasteiger partial charge in [0.1, 0.15) is 30.5 Å². The Bertz CT molecular complexity index is 1690. The lowest BCUT2D eigenvalue weighted by molar-refractivity contribution is -0.0246. The molecule has 2 N–H and O–H groups in total. The lowest BCUT2D eigenvalue weighted by Crippen LogP contribution is -2.47. The highest BCUT2D eigenvalue weighted by atomic mass is 19.1. The SMILES string of the molecule is NCCN1CCOc2ccc(COC3CN(C(=O)OCc4ccccc4)CCC3c3ccc(OCCCOc4cc(F)ccc4F)cc3)cc21. The first-order valence-corrected chi connectivity index (χ1v) is 17.1. The maximum Gasteiger partial charge on any atom is 0.410 e. The number of nitrogens with zero attached hydrogens (tertiary/aromatic N) is 2. The summed E-state index contributed by atoms with van der Waals surface area (Å²) >= 11 is 0. The van der Waals surface area contributed by atoms with Gasteiger partial charge >= 0.3 is 6.09 Å². The van der Waals surface area contributed by atoms with Gasteiger partial charge in [-0.05, 0) is 59.5 Å². The number of likely N-dealkylation sites (tertiary alicyclic amines) is 1. The molecule has 2 heterocycles. The van der Waals surface area contributed by atoms with Crippen LogP contribution < -0.4 is 24.8 Å². The number of benzene rings is 4. The largest absolute Gasteiger partial charge is 0.493 e. The Kier molecular flexibility index (Phi) is 12.0. The fourth-order valence-corrected chi connectivity index (χ4v) is 6.27. The first-order valence-electron chi connectivity index (χ1n) is 17.1. The van der Waals surface area contributed by atoms with Gasteiger partial charge in [-0.25, -0.2) is 13.6 Å². The third-order valence-electron chi connectivity index (χ3n) is 8.88. The number of carbonyl (C=O) groups excluding carboxylic acids is 1. The molecule has 1 fully saturated rings. The predicted octanol–water partition coefficient (Wildman–Crippen LogP) is 6.68. The van der Waals surface area contributed by atoms with Crippen molar-refractivity contribution in [2.75, 3.05) is 57.4 Å². The van der Waals surface area contributed by atoms with Crippen molar-refractivity contribution < 1.29 is 37.3 Å². The van der Waals surface area contributed by atoms with E-state index in [-0.39, 0.29) is 37.1 Å². The third-order valence-corrected chi connectivity index (χ3v) is 8.88. The zero-order chi connectivity index (χ0) is 34.7. The van der Waals surface area contributed by atoms with Gasteiger partial charge in [0, 0.05) is 38.0 Å². The van der Waals surface area contributed by atoms with Gasteiger partial charge in [0.2, 0.25) is 0 Å². The van der Waals surface area contributed by atoms with Gasteiger partial charge in [-0.3, -0.25) is 0 Å². The van der Waals surface area contributed by atoms with Crippen LogP contribution in [0.15, 0.2) is 91.0 Å². The van der Waals surface area contributed by atoms with Crippen molar-refractivity contribution >= 4 is 11.8 Å². The standard InChI is InChI=1S/C39H43F2N3O6/c40-31-10-13-34(41)37(24-31)47-21-4-20-46-32-11-8-30(9-12-32)33-15-17-44(39(45)50-26-28-5-2-1-3-6-28)25-38(33)49-27-29-7-14-36-35(23-29)43(18-16-42)19-22-48-36/h1-3,5-14,23-24,33,38H,4,15-22,25-27,42H2. The monoisotopic (exact) mass is 687 g/mol. The van der Waals surface area contributed by atoms with Gasteiger partial charge in [0.05, 0.1) is 44.7 Å². The molecule has 11 heteroatoms. The number of hydrogen-bond donors (Lipinski definition) is 1. The number of fused-ring (bicyclic) bond motifs is 1. The fraction of sp³-hybridized carbons (Fsp3) is 0.359. The smallest absolute Gasteiger partial charge is 0.410 e. The van der Waals surface area contributed by atoms with E-state index in [4.69, 9.17) is 29.4 Å². The Morgan fingerprint density at radius 2 is 1.70 bits per heavy atom. The van der Waals surface area contributed by atoms with Gasteiger partial charge in [0.15, 0.2) is 11.6 Å². The van der Waals surface area contributed by atoms with E-state index < -0.39 is 11.6 Å². The maximum absolute atomic E-state index is 13.8. The average Bonchev–Trinajstić information content (AvgIpc) is 3.15. The summed E-state index contributed by atoms with van der Waals surface area (Å²) in [6, 6.07) is 26.7. The number of hydrogen-bond acceptors (Lipinski definition) is 8. The topological polar surface area (TPSA) is 95.7 Å². The molecule has 0 radical (unpaired) electrons. The van der Waals surface area contributed by atoms with E-state index in [1.165, 1.54) is 0 Å². The summed E-state index contributed by atoms with van der Waals surface area (Å²) in [5, 5.41) is 0. The lowest BCUT2D eigenvalue weighted by Gasteiger charge is -2.38. The molecule has 2 unspecified atom stereocenters. The molecule has 0 bridgehead atoms. The van der Waals surface area contributed by atoms with Crippen molar-refractivity contribution in [1.29, 1.82) is 0 Å². The second-order valence-electron chi connectivity index (χ2n) is 12.4. The summed E-state index contributed by atoms with van der Waals surface area (Å²) in [5.41, 5.74) is 9.89. The molecule has 2 aliphatic rings. The average molecular weight is 688 g/mol. The number of carbonyl (C=O) groups is 1. The molecule has 9 nitrogen and oxygen atoms in total. The summed E-state index contributed by atoms with van der Waals surface area (Å²) < 4.78 is 56.6. The molecule has 2 atom stereocenters.